The summed E-state index contributed by atoms with van der Waals surface area (Å²) in [5.74, 6) is 1.75. The first-order valence-corrected chi connectivity index (χ1v) is 8.48. The molecule has 3 unspecified atom stereocenters. The maximum atomic E-state index is 3.76. The molecule has 1 N–H and O–H groups in total. The quantitative estimate of drug-likeness (QED) is 0.830. The zero-order valence-electron chi connectivity index (χ0n) is 13.3. The first kappa shape index (κ1) is 14.6. The number of fused-ring (bicyclic) bond motifs is 1. The number of hydrogen-bond acceptors (Lipinski definition) is 1. The summed E-state index contributed by atoms with van der Waals surface area (Å²) in [6, 6.07) is 16.1. The first-order chi connectivity index (χ1) is 10.3. The SMILES string of the molecule is CCNC(Cc1cccc2ccccc12)C1CCC(C)C1. The van der Waals surface area contributed by atoms with Gasteiger partial charge in [-0.15, -0.1) is 0 Å². The standard InChI is InChI=1S/C20H27N/c1-3-21-20(18-12-11-15(2)13-18)14-17-9-6-8-16-7-4-5-10-19(16)17/h4-10,15,18,20-21H,3,11-14H2,1-2H3. The van der Waals surface area contributed by atoms with Crippen LogP contribution < -0.4 is 5.32 Å². The summed E-state index contributed by atoms with van der Waals surface area (Å²) < 4.78 is 0. The predicted molar refractivity (Wildman–Crippen MR) is 91.6 cm³/mol. The Morgan fingerprint density at radius 1 is 1.10 bits per heavy atom. The topological polar surface area (TPSA) is 12.0 Å². The van der Waals surface area contributed by atoms with Crippen LogP contribution in [0, 0.1) is 11.8 Å². The molecule has 1 nitrogen and oxygen atoms in total. The molecular weight excluding hydrogens is 254 g/mol. The zero-order valence-corrected chi connectivity index (χ0v) is 13.3. The molecule has 0 spiro atoms. The molecule has 0 aromatic heterocycles. The Hall–Kier alpha value is -1.34. The molecule has 1 fully saturated rings. The fourth-order valence-electron chi connectivity index (χ4n) is 3.99. The predicted octanol–water partition coefficient (Wildman–Crippen LogP) is 4.80. The molecule has 0 aliphatic heterocycles. The Morgan fingerprint density at radius 3 is 2.67 bits per heavy atom. The minimum absolute atomic E-state index is 0.630. The molecule has 3 rings (SSSR count). The summed E-state index contributed by atoms with van der Waals surface area (Å²) in [5.41, 5.74) is 1.50. The van der Waals surface area contributed by atoms with Crippen LogP contribution in [0.25, 0.3) is 10.8 Å². The second-order valence-electron chi connectivity index (χ2n) is 6.68. The van der Waals surface area contributed by atoms with Gasteiger partial charge in [0.05, 0.1) is 0 Å². The molecule has 21 heavy (non-hydrogen) atoms. The van der Waals surface area contributed by atoms with E-state index >= 15 is 0 Å². The van der Waals surface area contributed by atoms with Gasteiger partial charge in [-0.3, -0.25) is 0 Å². The highest BCUT2D eigenvalue weighted by Crippen LogP contribution is 2.34. The normalized spacial score (nSPS) is 23.5. The Labute approximate surface area is 128 Å². The lowest BCUT2D eigenvalue weighted by Crippen LogP contribution is -2.37. The van der Waals surface area contributed by atoms with Gasteiger partial charge in [0.15, 0.2) is 0 Å². The minimum atomic E-state index is 0.630. The van der Waals surface area contributed by atoms with Gasteiger partial charge in [-0.05, 0) is 54.0 Å². The largest absolute Gasteiger partial charge is 0.314 e. The van der Waals surface area contributed by atoms with E-state index in [0.717, 1.165) is 24.8 Å². The van der Waals surface area contributed by atoms with Crippen LogP contribution in [0.1, 0.15) is 38.7 Å². The summed E-state index contributed by atoms with van der Waals surface area (Å²) in [4.78, 5) is 0. The summed E-state index contributed by atoms with van der Waals surface area (Å²) in [6.07, 6.45) is 5.35. The second-order valence-corrected chi connectivity index (χ2v) is 6.68. The van der Waals surface area contributed by atoms with Gasteiger partial charge in [0.2, 0.25) is 0 Å². The van der Waals surface area contributed by atoms with Crippen LogP contribution in [0.2, 0.25) is 0 Å². The van der Waals surface area contributed by atoms with Crippen LogP contribution in [-0.2, 0) is 6.42 Å². The van der Waals surface area contributed by atoms with Gasteiger partial charge in [-0.1, -0.05) is 62.7 Å². The van der Waals surface area contributed by atoms with Crippen molar-refractivity contribution in [2.45, 2.75) is 45.6 Å². The van der Waals surface area contributed by atoms with E-state index in [1.807, 2.05) is 0 Å². The third-order valence-corrected chi connectivity index (χ3v) is 5.09. The fourth-order valence-corrected chi connectivity index (χ4v) is 3.99. The third-order valence-electron chi connectivity index (χ3n) is 5.09. The molecule has 2 aromatic rings. The van der Waals surface area contributed by atoms with E-state index in [0.29, 0.717) is 6.04 Å². The number of benzene rings is 2. The molecule has 0 saturated heterocycles. The Bertz CT molecular complexity index is 584. The van der Waals surface area contributed by atoms with E-state index in [-0.39, 0.29) is 0 Å². The van der Waals surface area contributed by atoms with Gasteiger partial charge in [0.1, 0.15) is 0 Å². The maximum absolute atomic E-state index is 3.76. The fraction of sp³-hybridized carbons (Fsp3) is 0.500. The lowest BCUT2D eigenvalue weighted by atomic mass is 9.89. The highest BCUT2D eigenvalue weighted by Gasteiger charge is 2.28. The number of rotatable bonds is 5. The molecule has 1 aliphatic carbocycles. The van der Waals surface area contributed by atoms with Crippen molar-refractivity contribution < 1.29 is 0 Å². The van der Waals surface area contributed by atoms with Crippen molar-refractivity contribution in [1.29, 1.82) is 0 Å². The van der Waals surface area contributed by atoms with Gasteiger partial charge in [0.25, 0.3) is 0 Å². The van der Waals surface area contributed by atoms with Gasteiger partial charge in [-0.2, -0.15) is 0 Å². The average molecular weight is 281 g/mol. The molecule has 1 saturated carbocycles. The highest BCUT2D eigenvalue weighted by molar-refractivity contribution is 5.85. The summed E-state index contributed by atoms with van der Waals surface area (Å²) in [6.45, 7) is 5.70. The van der Waals surface area contributed by atoms with Crippen molar-refractivity contribution in [1.82, 2.24) is 5.32 Å². The number of likely N-dealkylation sites (N-methyl/N-ethyl adjacent to an activating group) is 1. The molecule has 0 amide bonds. The van der Waals surface area contributed by atoms with Gasteiger partial charge in [-0.25, -0.2) is 0 Å². The van der Waals surface area contributed by atoms with Crippen LogP contribution in [0.5, 0.6) is 0 Å². The second kappa shape index (κ2) is 6.62. The van der Waals surface area contributed by atoms with E-state index < -0.39 is 0 Å². The van der Waals surface area contributed by atoms with Gasteiger partial charge < -0.3 is 5.32 Å². The van der Waals surface area contributed by atoms with Gasteiger partial charge in [0, 0.05) is 6.04 Å². The molecule has 0 radical (unpaired) electrons. The molecule has 1 aliphatic rings. The molecule has 0 heterocycles. The zero-order chi connectivity index (χ0) is 14.7. The van der Waals surface area contributed by atoms with Crippen molar-refractivity contribution in [3.8, 4) is 0 Å². The van der Waals surface area contributed by atoms with Crippen molar-refractivity contribution in [3.63, 3.8) is 0 Å². The van der Waals surface area contributed by atoms with Crippen LogP contribution in [-0.4, -0.2) is 12.6 Å². The minimum Gasteiger partial charge on any atom is -0.314 e. The van der Waals surface area contributed by atoms with Crippen molar-refractivity contribution in [2.24, 2.45) is 11.8 Å². The molecule has 112 valence electrons. The third kappa shape index (κ3) is 3.29. The van der Waals surface area contributed by atoms with E-state index in [1.165, 1.54) is 35.6 Å². The van der Waals surface area contributed by atoms with Crippen LogP contribution >= 0.6 is 0 Å². The van der Waals surface area contributed by atoms with Crippen LogP contribution in [0.4, 0.5) is 0 Å². The van der Waals surface area contributed by atoms with Crippen molar-refractivity contribution in [3.05, 3.63) is 48.0 Å². The van der Waals surface area contributed by atoms with E-state index in [1.54, 1.807) is 0 Å². The Balaban J connectivity index is 1.84. The van der Waals surface area contributed by atoms with E-state index in [4.69, 9.17) is 0 Å². The summed E-state index contributed by atoms with van der Waals surface area (Å²) >= 11 is 0. The lowest BCUT2D eigenvalue weighted by molar-refractivity contribution is 0.354. The molecule has 1 heteroatoms. The van der Waals surface area contributed by atoms with Crippen LogP contribution in [0.3, 0.4) is 0 Å². The van der Waals surface area contributed by atoms with E-state index in [9.17, 15) is 0 Å². The maximum Gasteiger partial charge on any atom is 0.0136 e. The van der Waals surface area contributed by atoms with E-state index in [2.05, 4.69) is 61.6 Å². The number of hydrogen-bond donors (Lipinski definition) is 1. The number of nitrogens with one attached hydrogen (secondary N) is 1. The lowest BCUT2D eigenvalue weighted by Gasteiger charge is -2.25. The molecule has 2 aromatic carbocycles. The first-order valence-electron chi connectivity index (χ1n) is 8.48. The van der Waals surface area contributed by atoms with Crippen LogP contribution in [0.15, 0.2) is 42.5 Å². The highest BCUT2D eigenvalue weighted by atomic mass is 14.9. The smallest absolute Gasteiger partial charge is 0.0136 e. The van der Waals surface area contributed by atoms with Crippen molar-refractivity contribution in [2.75, 3.05) is 6.54 Å². The van der Waals surface area contributed by atoms with Crippen molar-refractivity contribution >= 4 is 10.8 Å². The monoisotopic (exact) mass is 281 g/mol. The Morgan fingerprint density at radius 2 is 1.90 bits per heavy atom. The Kier molecular flexibility index (Phi) is 4.60. The van der Waals surface area contributed by atoms with Gasteiger partial charge >= 0.3 is 0 Å². The summed E-state index contributed by atoms with van der Waals surface area (Å²) in [5, 5.41) is 6.55. The summed E-state index contributed by atoms with van der Waals surface area (Å²) in [7, 11) is 0. The molecule has 3 atom stereocenters. The molecule has 0 bridgehead atoms. The average Bonchev–Trinajstić information content (AvgIpc) is 2.94. The molecular formula is C20H27N.